The van der Waals surface area contributed by atoms with E-state index in [1.54, 1.807) is 35.2 Å². The minimum absolute atomic E-state index is 0.126. The first-order valence-corrected chi connectivity index (χ1v) is 11.7. The summed E-state index contributed by atoms with van der Waals surface area (Å²) >= 11 is 3.36. The number of benzene rings is 2. The van der Waals surface area contributed by atoms with Crippen LogP contribution in [0.2, 0.25) is 0 Å². The molecule has 0 spiro atoms. The van der Waals surface area contributed by atoms with Crippen LogP contribution in [0.25, 0.3) is 16.5 Å². The standard InChI is InChI=1S/C21H17NO2S3/c1-15-3-9-18(10-4-15)27(23,24)19(14-22)13-16-5-7-17(8-6-16)21-20(25-2)11-12-26-21/h3-13H,1-2H3/b19-13+. The van der Waals surface area contributed by atoms with Crippen LogP contribution in [0.15, 0.2) is 74.7 Å². The van der Waals surface area contributed by atoms with Gasteiger partial charge in [0.1, 0.15) is 11.0 Å². The largest absolute Gasteiger partial charge is 0.218 e. The third-order valence-electron chi connectivity index (χ3n) is 4.05. The maximum Gasteiger partial charge on any atom is 0.216 e. The number of allylic oxidation sites excluding steroid dienone is 1. The molecule has 1 heterocycles. The average Bonchev–Trinajstić information content (AvgIpc) is 3.15. The lowest BCUT2D eigenvalue weighted by molar-refractivity contribution is 0.603. The van der Waals surface area contributed by atoms with E-state index in [1.165, 1.54) is 28.0 Å². The summed E-state index contributed by atoms with van der Waals surface area (Å²) in [7, 11) is -3.83. The molecule has 2 aromatic carbocycles. The van der Waals surface area contributed by atoms with Crippen LogP contribution in [-0.2, 0) is 9.84 Å². The van der Waals surface area contributed by atoms with Gasteiger partial charge < -0.3 is 0 Å². The zero-order valence-electron chi connectivity index (χ0n) is 14.8. The topological polar surface area (TPSA) is 57.9 Å². The fourth-order valence-corrected chi connectivity index (χ4v) is 5.51. The van der Waals surface area contributed by atoms with Gasteiger partial charge in [-0.3, -0.25) is 0 Å². The summed E-state index contributed by atoms with van der Waals surface area (Å²) in [5.41, 5.74) is 2.71. The normalized spacial score (nSPS) is 12.0. The number of aryl methyl sites for hydroxylation is 1. The van der Waals surface area contributed by atoms with Crippen molar-refractivity contribution < 1.29 is 8.42 Å². The Morgan fingerprint density at radius 1 is 1.07 bits per heavy atom. The highest BCUT2D eigenvalue weighted by molar-refractivity contribution is 7.99. The maximum absolute atomic E-state index is 12.7. The van der Waals surface area contributed by atoms with Gasteiger partial charge in [-0.05, 0) is 54.0 Å². The SMILES string of the molecule is CSc1ccsc1-c1ccc(/C=C(\C#N)S(=O)(=O)c2ccc(C)cc2)cc1. The van der Waals surface area contributed by atoms with Crippen molar-refractivity contribution in [3.63, 3.8) is 0 Å². The van der Waals surface area contributed by atoms with Crippen molar-refractivity contribution in [2.45, 2.75) is 16.7 Å². The predicted molar refractivity (Wildman–Crippen MR) is 113 cm³/mol. The van der Waals surface area contributed by atoms with Crippen LogP contribution in [0.4, 0.5) is 0 Å². The molecule has 3 aromatic rings. The Kier molecular flexibility index (Phi) is 5.85. The molecule has 3 rings (SSSR count). The van der Waals surface area contributed by atoms with E-state index in [2.05, 4.69) is 11.4 Å². The van der Waals surface area contributed by atoms with Gasteiger partial charge in [0.05, 0.1) is 4.90 Å². The third-order valence-corrected chi connectivity index (χ3v) is 7.60. The van der Waals surface area contributed by atoms with Crippen LogP contribution < -0.4 is 0 Å². The number of nitrogens with zero attached hydrogens (tertiary/aromatic N) is 1. The molecule has 0 aliphatic carbocycles. The second-order valence-corrected chi connectivity index (χ2v) is 9.56. The van der Waals surface area contributed by atoms with Crippen molar-refractivity contribution in [3.05, 3.63) is 76.0 Å². The fourth-order valence-electron chi connectivity index (χ4n) is 2.57. The van der Waals surface area contributed by atoms with Gasteiger partial charge in [-0.25, -0.2) is 8.42 Å². The van der Waals surface area contributed by atoms with Gasteiger partial charge in [0, 0.05) is 9.77 Å². The zero-order chi connectivity index (χ0) is 19.4. The molecule has 1 aromatic heterocycles. The molecular formula is C21H17NO2S3. The van der Waals surface area contributed by atoms with Gasteiger partial charge in [-0.15, -0.1) is 23.1 Å². The Hall–Kier alpha value is -2.33. The summed E-state index contributed by atoms with van der Waals surface area (Å²) in [6.07, 6.45) is 3.46. The molecule has 0 unspecified atom stereocenters. The van der Waals surface area contributed by atoms with Crippen molar-refractivity contribution in [1.29, 1.82) is 5.26 Å². The summed E-state index contributed by atoms with van der Waals surface area (Å²) in [4.78, 5) is 2.26. The molecule has 0 saturated heterocycles. The Balaban J connectivity index is 1.94. The van der Waals surface area contributed by atoms with Crippen LogP contribution in [-0.4, -0.2) is 14.7 Å². The molecule has 0 saturated carbocycles. The molecule has 0 atom stereocenters. The van der Waals surface area contributed by atoms with Gasteiger partial charge in [-0.1, -0.05) is 42.0 Å². The highest BCUT2D eigenvalue weighted by Crippen LogP contribution is 2.35. The van der Waals surface area contributed by atoms with Crippen molar-refractivity contribution in [2.75, 3.05) is 6.26 Å². The van der Waals surface area contributed by atoms with E-state index in [4.69, 9.17) is 0 Å². The van der Waals surface area contributed by atoms with Gasteiger partial charge in [0.2, 0.25) is 9.84 Å². The number of thioether (sulfide) groups is 1. The van der Waals surface area contributed by atoms with E-state index >= 15 is 0 Å². The van der Waals surface area contributed by atoms with Crippen molar-refractivity contribution in [2.24, 2.45) is 0 Å². The minimum Gasteiger partial charge on any atom is -0.218 e. The Morgan fingerprint density at radius 3 is 2.33 bits per heavy atom. The van der Waals surface area contributed by atoms with Crippen molar-refractivity contribution in [3.8, 4) is 16.5 Å². The molecule has 0 bridgehead atoms. The molecule has 0 fully saturated rings. The fraction of sp³-hybridized carbons (Fsp3) is 0.0952. The molecule has 27 heavy (non-hydrogen) atoms. The predicted octanol–water partition coefficient (Wildman–Crippen LogP) is 5.78. The number of nitriles is 1. The van der Waals surface area contributed by atoms with E-state index in [9.17, 15) is 13.7 Å². The molecule has 6 heteroatoms. The third kappa shape index (κ3) is 4.16. The first kappa shape index (κ1) is 19.4. The van der Waals surface area contributed by atoms with Crippen LogP contribution in [0.5, 0.6) is 0 Å². The van der Waals surface area contributed by atoms with Crippen LogP contribution in [0, 0.1) is 18.3 Å². The molecule has 3 nitrogen and oxygen atoms in total. The van der Waals surface area contributed by atoms with Crippen molar-refractivity contribution in [1.82, 2.24) is 0 Å². The van der Waals surface area contributed by atoms with Gasteiger partial charge in [-0.2, -0.15) is 5.26 Å². The summed E-state index contributed by atoms with van der Waals surface area (Å²) in [6, 6.07) is 18.0. The molecule has 0 amide bonds. The Bertz CT molecular complexity index is 1120. The number of thiophene rings is 1. The van der Waals surface area contributed by atoms with E-state index in [-0.39, 0.29) is 9.80 Å². The minimum atomic E-state index is -3.83. The number of rotatable bonds is 5. The quantitative estimate of drug-likeness (QED) is 0.394. The number of sulfone groups is 1. The molecular weight excluding hydrogens is 394 g/mol. The lowest BCUT2D eigenvalue weighted by atomic mass is 10.1. The van der Waals surface area contributed by atoms with E-state index in [0.717, 1.165) is 11.1 Å². The van der Waals surface area contributed by atoms with Crippen LogP contribution >= 0.6 is 23.1 Å². The Morgan fingerprint density at radius 2 is 1.74 bits per heavy atom. The summed E-state index contributed by atoms with van der Waals surface area (Å²) < 4.78 is 25.4. The van der Waals surface area contributed by atoms with E-state index in [0.29, 0.717) is 5.56 Å². The summed E-state index contributed by atoms with van der Waals surface area (Å²) in [5, 5.41) is 11.5. The highest BCUT2D eigenvalue weighted by Gasteiger charge is 2.20. The molecule has 136 valence electrons. The van der Waals surface area contributed by atoms with E-state index < -0.39 is 9.84 Å². The van der Waals surface area contributed by atoms with Gasteiger partial charge >= 0.3 is 0 Å². The number of hydrogen-bond acceptors (Lipinski definition) is 5. The molecule has 0 aliphatic rings. The second kappa shape index (κ2) is 8.13. The summed E-state index contributed by atoms with van der Waals surface area (Å²) in [6.45, 7) is 1.88. The maximum atomic E-state index is 12.7. The van der Waals surface area contributed by atoms with Crippen molar-refractivity contribution >= 4 is 39.0 Å². The molecule has 0 radical (unpaired) electrons. The molecule has 0 aliphatic heterocycles. The monoisotopic (exact) mass is 411 g/mol. The lowest BCUT2D eigenvalue weighted by Gasteiger charge is -2.05. The van der Waals surface area contributed by atoms with Crippen LogP contribution in [0.3, 0.4) is 0 Å². The highest BCUT2D eigenvalue weighted by atomic mass is 32.2. The average molecular weight is 412 g/mol. The zero-order valence-corrected chi connectivity index (χ0v) is 17.3. The van der Waals surface area contributed by atoms with Gasteiger partial charge in [0.25, 0.3) is 0 Å². The lowest BCUT2D eigenvalue weighted by Crippen LogP contribution is -2.03. The second-order valence-electron chi connectivity index (χ2n) is 5.88. The smallest absolute Gasteiger partial charge is 0.216 e. The molecule has 0 N–H and O–H groups in total. The Labute approximate surface area is 167 Å². The first-order chi connectivity index (χ1) is 13.0. The number of hydrogen-bond donors (Lipinski definition) is 0. The van der Waals surface area contributed by atoms with E-state index in [1.807, 2.05) is 43.5 Å². The first-order valence-electron chi connectivity index (χ1n) is 8.11. The summed E-state index contributed by atoms with van der Waals surface area (Å²) in [5.74, 6) is 0. The van der Waals surface area contributed by atoms with Gasteiger partial charge in [0.15, 0.2) is 0 Å². The van der Waals surface area contributed by atoms with Crippen LogP contribution in [0.1, 0.15) is 11.1 Å².